The molecule has 0 nitrogen and oxygen atoms in total. The van der Waals surface area contributed by atoms with E-state index in [1.165, 1.54) is 30.0 Å². The summed E-state index contributed by atoms with van der Waals surface area (Å²) >= 11 is 0. The second-order valence-electron chi connectivity index (χ2n) is 5.27. The maximum atomic E-state index is 2.42. The van der Waals surface area contributed by atoms with Gasteiger partial charge in [-0.25, -0.2) is 0 Å². The van der Waals surface area contributed by atoms with Crippen molar-refractivity contribution in [3.05, 3.63) is 47.5 Å². The average Bonchev–Trinajstić information content (AvgIpc) is 2.65. The highest BCUT2D eigenvalue weighted by atomic mass is 14.4. The summed E-state index contributed by atoms with van der Waals surface area (Å²) in [5.41, 5.74) is 3.58. The average molecular weight is 210 g/mol. The Morgan fingerprint density at radius 1 is 1.12 bits per heavy atom. The van der Waals surface area contributed by atoms with E-state index in [0.29, 0.717) is 5.41 Å². The third-order valence-electron chi connectivity index (χ3n) is 4.35. The predicted molar refractivity (Wildman–Crippen MR) is 69.9 cm³/mol. The van der Waals surface area contributed by atoms with Crippen molar-refractivity contribution in [1.82, 2.24) is 0 Å². The lowest BCUT2D eigenvalue weighted by molar-refractivity contribution is 0.453. The van der Waals surface area contributed by atoms with E-state index >= 15 is 0 Å². The van der Waals surface area contributed by atoms with Crippen LogP contribution in [0.1, 0.15) is 37.8 Å². The number of benzene rings is 2. The smallest absolute Gasteiger partial charge is 0.00718 e. The molecule has 2 aromatic carbocycles. The van der Waals surface area contributed by atoms with Crippen LogP contribution in [0.2, 0.25) is 0 Å². The molecule has 1 unspecified atom stereocenters. The minimum Gasteiger partial charge on any atom is -0.0645 e. The summed E-state index contributed by atoms with van der Waals surface area (Å²) in [4.78, 5) is 0. The Balaban J connectivity index is 2.27. The van der Waals surface area contributed by atoms with Crippen molar-refractivity contribution in [2.45, 2.75) is 38.5 Å². The predicted octanol–water partition coefficient (Wildman–Crippen LogP) is 4.45. The molecule has 0 radical (unpaired) electrons. The van der Waals surface area contributed by atoms with Crippen molar-refractivity contribution < 1.29 is 0 Å². The number of hydrogen-bond donors (Lipinski definition) is 0. The topological polar surface area (TPSA) is 0 Å². The van der Waals surface area contributed by atoms with Crippen molar-refractivity contribution in [1.29, 1.82) is 0 Å². The lowest BCUT2D eigenvalue weighted by atomic mass is 9.81. The molecule has 2 aromatic rings. The Labute approximate surface area is 97.3 Å². The van der Waals surface area contributed by atoms with Gasteiger partial charge in [-0.3, -0.25) is 0 Å². The summed E-state index contributed by atoms with van der Waals surface area (Å²) in [6.07, 6.45) is 3.82. The fraction of sp³-hybridized carbons (Fsp3) is 0.375. The van der Waals surface area contributed by atoms with Gasteiger partial charge in [-0.2, -0.15) is 0 Å². The van der Waals surface area contributed by atoms with Gasteiger partial charge in [0.2, 0.25) is 0 Å². The molecule has 3 rings (SSSR count). The van der Waals surface area contributed by atoms with Gasteiger partial charge in [0.05, 0.1) is 0 Å². The lowest BCUT2D eigenvalue weighted by Crippen LogP contribution is -2.16. The van der Waals surface area contributed by atoms with Gasteiger partial charge in [0.15, 0.2) is 0 Å². The van der Waals surface area contributed by atoms with Crippen LogP contribution in [0, 0.1) is 0 Å². The van der Waals surface area contributed by atoms with E-state index in [-0.39, 0.29) is 0 Å². The van der Waals surface area contributed by atoms with E-state index in [9.17, 15) is 0 Å². The number of fused-ring (bicyclic) bond motifs is 2. The molecule has 1 atom stereocenters. The molecule has 0 heterocycles. The molecule has 0 aliphatic heterocycles. The summed E-state index contributed by atoms with van der Waals surface area (Å²) in [6.45, 7) is 4.72. The zero-order valence-electron chi connectivity index (χ0n) is 10.1. The van der Waals surface area contributed by atoms with E-state index in [1.54, 1.807) is 11.1 Å². The first kappa shape index (κ1) is 9.89. The van der Waals surface area contributed by atoms with Crippen molar-refractivity contribution in [3.8, 4) is 0 Å². The molecule has 0 spiro atoms. The molecule has 0 fully saturated rings. The van der Waals surface area contributed by atoms with Gasteiger partial charge >= 0.3 is 0 Å². The third kappa shape index (κ3) is 1.29. The monoisotopic (exact) mass is 210 g/mol. The molecule has 0 heteroatoms. The highest BCUT2D eigenvalue weighted by Gasteiger charge is 2.32. The van der Waals surface area contributed by atoms with Crippen LogP contribution in [0.25, 0.3) is 10.8 Å². The van der Waals surface area contributed by atoms with Crippen LogP contribution in [0.4, 0.5) is 0 Å². The highest BCUT2D eigenvalue weighted by Crippen LogP contribution is 2.42. The van der Waals surface area contributed by atoms with Gasteiger partial charge < -0.3 is 0 Å². The summed E-state index contributed by atoms with van der Waals surface area (Å²) in [6, 6.07) is 13.5. The first-order valence-corrected chi connectivity index (χ1v) is 6.25. The third-order valence-corrected chi connectivity index (χ3v) is 4.35. The second-order valence-corrected chi connectivity index (χ2v) is 5.27. The number of aryl methyl sites for hydroxylation is 1. The van der Waals surface area contributed by atoms with Crippen LogP contribution in [0.3, 0.4) is 0 Å². The fourth-order valence-electron chi connectivity index (χ4n) is 2.97. The molecule has 0 saturated heterocycles. The van der Waals surface area contributed by atoms with Crippen LogP contribution in [-0.2, 0) is 11.8 Å². The van der Waals surface area contributed by atoms with Gasteiger partial charge in [-0.05, 0) is 46.6 Å². The molecular formula is C16H18. The number of rotatable bonds is 1. The van der Waals surface area contributed by atoms with Crippen LogP contribution >= 0.6 is 0 Å². The molecule has 82 valence electrons. The van der Waals surface area contributed by atoms with Crippen LogP contribution in [0.5, 0.6) is 0 Å². The van der Waals surface area contributed by atoms with Crippen molar-refractivity contribution in [3.63, 3.8) is 0 Å². The van der Waals surface area contributed by atoms with Gasteiger partial charge in [0, 0.05) is 0 Å². The van der Waals surface area contributed by atoms with E-state index in [1.807, 2.05) is 0 Å². The zero-order chi connectivity index (χ0) is 11.2. The SMILES string of the molecule is CCC1(C)CCc2cc3ccccc3cc21. The normalized spacial score (nSPS) is 23.6. The van der Waals surface area contributed by atoms with Gasteiger partial charge in [0.1, 0.15) is 0 Å². The Morgan fingerprint density at radius 2 is 1.81 bits per heavy atom. The molecular weight excluding hydrogens is 192 g/mol. The lowest BCUT2D eigenvalue weighted by Gasteiger charge is -2.23. The van der Waals surface area contributed by atoms with Crippen LogP contribution in [-0.4, -0.2) is 0 Å². The molecule has 0 saturated carbocycles. The van der Waals surface area contributed by atoms with Crippen LogP contribution < -0.4 is 0 Å². The minimum atomic E-state index is 0.416. The van der Waals surface area contributed by atoms with Gasteiger partial charge in [0.25, 0.3) is 0 Å². The molecule has 0 aromatic heterocycles. The highest BCUT2D eigenvalue weighted by molar-refractivity contribution is 5.84. The van der Waals surface area contributed by atoms with E-state index in [2.05, 4.69) is 50.2 Å². The van der Waals surface area contributed by atoms with E-state index < -0.39 is 0 Å². The Kier molecular flexibility index (Phi) is 2.07. The first-order valence-electron chi connectivity index (χ1n) is 6.25. The zero-order valence-corrected chi connectivity index (χ0v) is 10.1. The Morgan fingerprint density at radius 3 is 2.50 bits per heavy atom. The largest absolute Gasteiger partial charge is 0.0645 e. The number of hydrogen-bond acceptors (Lipinski definition) is 0. The molecule has 0 bridgehead atoms. The first-order chi connectivity index (χ1) is 7.73. The summed E-state index contributed by atoms with van der Waals surface area (Å²) in [5, 5.41) is 2.78. The Bertz CT molecular complexity index is 539. The minimum absolute atomic E-state index is 0.416. The molecule has 1 aliphatic carbocycles. The van der Waals surface area contributed by atoms with Gasteiger partial charge in [-0.1, -0.05) is 50.2 Å². The van der Waals surface area contributed by atoms with E-state index in [4.69, 9.17) is 0 Å². The van der Waals surface area contributed by atoms with Gasteiger partial charge in [-0.15, -0.1) is 0 Å². The maximum Gasteiger partial charge on any atom is -0.00718 e. The fourth-order valence-corrected chi connectivity index (χ4v) is 2.97. The molecule has 0 amide bonds. The summed E-state index contributed by atoms with van der Waals surface area (Å²) in [7, 11) is 0. The van der Waals surface area contributed by atoms with E-state index in [0.717, 1.165) is 0 Å². The molecule has 16 heavy (non-hydrogen) atoms. The summed E-state index contributed by atoms with van der Waals surface area (Å²) in [5.74, 6) is 0. The molecule has 0 N–H and O–H groups in total. The van der Waals surface area contributed by atoms with Crippen molar-refractivity contribution in [2.75, 3.05) is 0 Å². The maximum absolute atomic E-state index is 2.42. The van der Waals surface area contributed by atoms with Crippen LogP contribution in [0.15, 0.2) is 36.4 Å². The quantitative estimate of drug-likeness (QED) is 0.652. The Hall–Kier alpha value is -1.30. The molecule has 1 aliphatic rings. The second kappa shape index (κ2) is 3.35. The standard InChI is InChI=1S/C16H18/c1-3-16(2)9-8-14-10-12-6-4-5-7-13(12)11-15(14)16/h4-7,10-11H,3,8-9H2,1-2H3. The van der Waals surface area contributed by atoms with Crippen molar-refractivity contribution in [2.24, 2.45) is 0 Å². The van der Waals surface area contributed by atoms with Crippen molar-refractivity contribution >= 4 is 10.8 Å². The summed E-state index contributed by atoms with van der Waals surface area (Å²) < 4.78 is 0.